The third-order valence-corrected chi connectivity index (χ3v) is 7.95. The fourth-order valence-corrected chi connectivity index (χ4v) is 5.13. The number of anilines is 1. The molecule has 2 atom stereocenters. The highest BCUT2D eigenvalue weighted by Crippen LogP contribution is 2.25. The van der Waals surface area contributed by atoms with Crippen LogP contribution < -0.4 is 9.62 Å². The zero-order valence-electron chi connectivity index (χ0n) is 21.5. The van der Waals surface area contributed by atoms with Gasteiger partial charge < -0.3 is 10.2 Å². The molecule has 202 valence electrons. The van der Waals surface area contributed by atoms with E-state index in [0.717, 1.165) is 16.4 Å². The normalized spacial score (nSPS) is 12.9. The summed E-state index contributed by atoms with van der Waals surface area (Å²) in [6, 6.07) is 16.7. The average Bonchev–Trinajstić information content (AvgIpc) is 2.91. The highest BCUT2D eigenvalue weighted by atomic mass is 32.2. The quantitative estimate of drug-likeness (QED) is 0.386. The predicted octanol–water partition coefficient (Wildman–Crippen LogP) is 4.49. The number of amides is 2. The first-order chi connectivity index (χ1) is 18.0. The molecule has 0 saturated heterocycles. The molecule has 3 aromatic carbocycles. The number of halogens is 2. The highest BCUT2D eigenvalue weighted by molar-refractivity contribution is 7.92. The van der Waals surface area contributed by atoms with Crippen LogP contribution in [0.2, 0.25) is 0 Å². The van der Waals surface area contributed by atoms with Crippen LogP contribution in [0.25, 0.3) is 0 Å². The van der Waals surface area contributed by atoms with Gasteiger partial charge in [-0.3, -0.25) is 13.9 Å². The second-order valence-corrected chi connectivity index (χ2v) is 10.8. The monoisotopic (exact) mass is 543 g/mol. The standard InChI is InChI=1S/C28H31F2N3O4S/c1-4-20(2)31-28(35)21(3)32(18-22-10-12-23(29)13-11-22)27(34)19-33(25-16-14-24(30)15-17-25)38(36,37)26-8-6-5-7-9-26/h5-17,20-21H,4,18-19H2,1-3H3,(H,31,35)/t20-,21+/m0/s1. The molecule has 0 aliphatic carbocycles. The molecule has 0 unspecified atom stereocenters. The maximum absolute atomic E-state index is 13.7. The maximum atomic E-state index is 13.7. The molecule has 0 aromatic heterocycles. The maximum Gasteiger partial charge on any atom is 0.264 e. The molecular formula is C28H31F2N3O4S. The van der Waals surface area contributed by atoms with Gasteiger partial charge in [-0.05, 0) is 74.4 Å². The van der Waals surface area contributed by atoms with Gasteiger partial charge in [-0.1, -0.05) is 37.3 Å². The van der Waals surface area contributed by atoms with Gasteiger partial charge in [-0.25, -0.2) is 17.2 Å². The lowest BCUT2D eigenvalue weighted by molar-refractivity contribution is -0.139. The highest BCUT2D eigenvalue weighted by Gasteiger charge is 2.32. The van der Waals surface area contributed by atoms with Gasteiger partial charge in [-0.15, -0.1) is 0 Å². The molecule has 0 radical (unpaired) electrons. The first-order valence-corrected chi connectivity index (χ1v) is 13.6. The summed E-state index contributed by atoms with van der Waals surface area (Å²) in [5.41, 5.74) is 0.643. The molecule has 0 aliphatic rings. The fraction of sp³-hybridized carbons (Fsp3) is 0.286. The molecule has 0 bridgehead atoms. The minimum Gasteiger partial charge on any atom is -0.352 e. The lowest BCUT2D eigenvalue weighted by Gasteiger charge is -2.32. The smallest absolute Gasteiger partial charge is 0.264 e. The Morgan fingerprint density at radius 1 is 0.868 bits per heavy atom. The third kappa shape index (κ3) is 7.16. The van der Waals surface area contributed by atoms with Gasteiger partial charge in [0, 0.05) is 12.6 Å². The molecule has 0 saturated carbocycles. The summed E-state index contributed by atoms with van der Waals surface area (Å²) >= 11 is 0. The molecule has 10 heteroatoms. The summed E-state index contributed by atoms with van der Waals surface area (Å²) in [6.45, 7) is 4.58. The Bertz CT molecular complexity index is 1330. The van der Waals surface area contributed by atoms with E-state index in [1.54, 1.807) is 25.1 Å². The lowest BCUT2D eigenvalue weighted by atomic mass is 10.1. The van der Waals surface area contributed by atoms with Crippen molar-refractivity contribution in [1.29, 1.82) is 0 Å². The van der Waals surface area contributed by atoms with Crippen molar-refractivity contribution in [2.75, 3.05) is 10.8 Å². The predicted molar refractivity (Wildman–Crippen MR) is 142 cm³/mol. The van der Waals surface area contributed by atoms with Crippen LogP contribution >= 0.6 is 0 Å². The van der Waals surface area contributed by atoms with E-state index in [1.165, 1.54) is 53.4 Å². The van der Waals surface area contributed by atoms with E-state index in [0.29, 0.717) is 12.0 Å². The van der Waals surface area contributed by atoms with Crippen molar-refractivity contribution >= 4 is 27.5 Å². The molecule has 2 amide bonds. The molecule has 3 aromatic rings. The Kier molecular flexibility index (Phi) is 9.57. The van der Waals surface area contributed by atoms with E-state index in [1.807, 2.05) is 13.8 Å². The van der Waals surface area contributed by atoms with E-state index in [4.69, 9.17) is 0 Å². The summed E-state index contributed by atoms with van der Waals surface area (Å²) in [5, 5.41) is 2.84. The van der Waals surface area contributed by atoms with Gasteiger partial charge in [-0.2, -0.15) is 0 Å². The van der Waals surface area contributed by atoms with Gasteiger partial charge in [0.25, 0.3) is 10.0 Å². The first kappa shape index (κ1) is 28.8. The molecule has 0 fully saturated rings. The van der Waals surface area contributed by atoms with Crippen LogP contribution in [0.15, 0.2) is 83.8 Å². The van der Waals surface area contributed by atoms with Crippen LogP contribution in [0.1, 0.15) is 32.8 Å². The Morgan fingerprint density at radius 3 is 1.97 bits per heavy atom. The minimum atomic E-state index is -4.23. The third-order valence-electron chi connectivity index (χ3n) is 6.16. The van der Waals surface area contributed by atoms with Crippen molar-refractivity contribution in [3.8, 4) is 0 Å². The largest absolute Gasteiger partial charge is 0.352 e. The van der Waals surface area contributed by atoms with Gasteiger partial charge in [0.1, 0.15) is 24.2 Å². The van der Waals surface area contributed by atoms with E-state index >= 15 is 0 Å². The second-order valence-electron chi connectivity index (χ2n) is 8.94. The van der Waals surface area contributed by atoms with Crippen LogP contribution in [0.4, 0.5) is 14.5 Å². The average molecular weight is 544 g/mol. The number of nitrogens with one attached hydrogen (secondary N) is 1. The van der Waals surface area contributed by atoms with E-state index in [9.17, 15) is 26.8 Å². The van der Waals surface area contributed by atoms with Gasteiger partial charge in [0.15, 0.2) is 0 Å². The van der Waals surface area contributed by atoms with Crippen molar-refractivity contribution in [3.63, 3.8) is 0 Å². The zero-order valence-corrected chi connectivity index (χ0v) is 22.3. The molecule has 0 spiro atoms. The van der Waals surface area contributed by atoms with Gasteiger partial charge in [0.2, 0.25) is 11.8 Å². The van der Waals surface area contributed by atoms with Crippen LogP contribution in [0.3, 0.4) is 0 Å². The number of hydrogen-bond donors (Lipinski definition) is 1. The Labute approximate surface area is 222 Å². The molecule has 0 aliphatic heterocycles. The van der Waals surface area contributed by atoms with Crippen molar-refractivity contribution < 1.29 is 26.8 Å². The Balaban J connectivity index is 2.00. The molecular weight excluding hydrogens is 512 g/mol. The fourth-order valence-electron chi connectivity index (χ4n) is 3.69. The van der Waals surface area contributed by atoms with Crippen molar-refractivity contribution in [2.24, 2.45) is 0 Å². The topological polar surface area (TPSA) is 86.8 Å². The van der Waals surface area contributed by atoms with Crippen molar-refractivity contribution in [1.82, 2.24) is 10.2 Å². The number of nitrogens with zero attached hydrogens (tertiary/aromatic N) is 2. The van der Waals surface area contributed by atoms with Crippen LogP contribution in [0, 0.1) is 11.6 Å². The van der Waals surface area contributed by atoms with Crippen LogP contribution in [-0.4, -0.2) is 43.8 Å². The molecule has 7 nitrogen and oxygen atoms in total. The summed E-state index contributed by atoms with van der Waals surface area (Å²) in [7, 11) is -4.23. The number of benzene rings is 3. The zero-order chi connectivity index (χ0) is 27.9. The molecule has 38 heavy (non-hydrogen) atoms. The van der Waals surface area contributed by atoms with Crippen molar-refractivity contribution in [2.45, 2.75) is 50.7 Å². The number of sulfonamides is 1. The van der Waals surface area contributed by atoms with E-state index in [2.05, 4.69) is 5.32 Å². The summed E-state index contributed by atoms with van der Waals surface area (Å²) in [5.74, 6) is -2.09. The summed E-state index contributed by atoms with van der Waals surface area (Å²) in [4.78, 5) is 27.9. The van der Waals surface area contributed by atoms with E-state index < -0.39 is 46.1 Å². The van der Waals surface area contributed by atoms with Crippen LogP contribution in [-0.2, 0) is 26.2 Å². The lowest BCUT2D eigenvalue weighted by Crippen LogP contribution is -2.52. The summed E-state index contributed by atoms with van der Waals surface area (Å²) < 4.78 is 55.2. The first-order valence-electron chi connectivity index (χ1n) is 12.2. The number of carbonyl (C=O) groups is 2. The van der Waals surface area contributed by atoms with Crippen molar-refractivity contribution in [3.05, 3.63) is 96.1 Å². The van der Waals surface area contributed by atoms with Gasteiger partial charge >= 0.3 is 0 Å². The van der Waals surface area contributed by atoms with E-state index in [-0.39, 0.29) is 23.2 Å². The molecule has 3 rings (SSSR count). The summed E-state index contributed by atoms with van der Waals surface area (Å²) in [6.07, 6.45) is 0.679. The minimum absolute atomic E-state index is 0.0511. The molecule has 1 N–H and O–H groups in total. The van der Waals surface area contributed by atoms with Gasteiger partial charge in [0.05, 0.1) is 10.6 Å². The SMILES string of the molecule is CC[C@H](C)NC(=O)[C@@H](C)N(Cc1ccc(F)cc1)C(=O)CN(c1ccc(F)cc1)S(=O)(=O)c1ccccc1. The number of rotatable bonds is 11. The molecule has 0 heterocycles. The second kappa shape index (κ2) is 12.6. The number of hydrogen-bond acceptors (Lipinski definition) is 4. The number of carbonyl (C=O) groups excluding carboxylic acids is 2. The van der Waals surface area contributed by atoms with Crippen LogP contribution in [0.5, 0.6) is 0 Å². The Morgan fingerprint density at radius 2 is 1.42 bits per heavy atom. The Hall–Kier alpha value is -3.79.